The second kappa shape index (κ2) is 19.1. The standard InChI is InChI=1S/C32H41ClN2O3S.C5H11NO.C2H6/c1-4-7-24-16-28(33)13-14-29(24)27-19-35-18-26-11-10-23(26)9-6-5-8-21(2)22(3)39(37)34-32(36)25-12-15-31(38-20-27)30(35)17-25;1-6-2-4-7-5-3-6;1-2/h5-6,12-17,21-23,26-27H,4,7-11,18-20H2,1-3H3,(H,34,36);2-5H2,1H3;1-2H3/b6-5+;;. The van der Waals surface area contributed by atoms with E-state index in [9.17, 15) is 9.00 Å². The second-order valence-corrected chi connectivity index (χ2v) is 15.5. The van der Waals surface area contributed by atoms with Crippen molar-refractivity contribution in [1.82, 2.24) is 9.62 Å². The molecule has 1 amide bonds. The van der Waals surface area contributed by atoms with Gasteiger partial charge in [-0.25, -0.2) is 4.21 Å². The molecule has 3 heterocycles. The molecule has 4 aliphatic rings. The summed E-state index contributed by atoms with van der Waals surface area (Å²) in [4.78, 5) is 17.9. The summed E-state index contributed by atoms with van der Waals surface area (Å²) in [6.45, 7) is 16.6. The van der Waals surface area contributed by atoms with E-state index in [1.807, 2.05) is 39.0 Å². The highest BCUT2D eigenvalue weighted by Crippen LogP contribution is 2.42. The van der Waals surface area contributed by atoms with Crippen LogP contribution >= 0.6 is 11.6 Å². The van der Waals surface area contributed by atoms with Crippen molar-refractivity contribution in [1.29, 1.82) is 0 Å². The van der Waals surface area contributed by atoms with E-state index in [0.29, 0.717) is 24.0 Å². The molecule has 9 heteroatoms. The number of fused-ring (bicyclic) bond motifs is 2. The van der Waals surface area contributed by atoms with E-state index >= 15 is 0 Å². The number of amides is 1. The van der Waals surface area contributed by atoms with Crippen LogP contribution in [0.15, 0.2) is 48.6 Å². The Morgan fingerprint density at radius 1 is 0.979 bits per heavy atom. The predicted octanol–water partition coefficient (Wildman–Crippen LogP) is 8.04. The normalized spacial score (nSPS) is 28.4. The maximum Gasteiger partial charge on any atom is 0.263 e. The SMILES string of the molecule is CC.CCCc1cc(Cl)ccc1C1COc2ccc3cc2N(C1)CC1CCC1C/C=C/CC(C)C(C)S(=O)NC3=O.CN1CCOCC1. The van der Waals surface area contributed by atoms with Gasteiger partial charge in [-0.15, -0.1) is 0 Å². The largest absolute Gasteiger partial charge is 0.491 e. The van der Waals surface area contributed by atoms with Gasteiger partial charge in [0.05, 0.1) is 30.8 Å². The fourth-order valence-corrected chi connectivity index (χ4v) is 8.02. The first-order valence-corrected chi connectivity index (χ1v) is 19.8. The van der Waals surface area contributed by atoms with Crippen molar-refractivity contribution >= 4 is 34.2 Å². The van der Waals surface area contributed by atoms with Crippen LogP contribution in [0.25, 0.3) is 0 Å². The molecule has 0 radical (unpaired) electrons. The Bertz CT molecular complexity index is 1380. The van der Waals surface area contributed by atoms with Gasteiger partial charge in [-0.2, -0.15) is 0 Å². The summed E-state index contributed by atoms with van der Waals surface area (Å²) in [6, 6.07) is 11.9. The summed E-state index contributed by atoms with van der Waals surface area (Å²) in [7, 11) is 0.653. The highest BCUT2D eigenvalue weighted by atomic mass is 35.5. The maximum atomic E-state index is 13.2. The van der Waals surface area contributed by atoms with Crippen LogP contribution in [0.3, 0.4) is 0 Å². The molecule has 48 heavy (non-hydrogen) atoms. The number of allylic oxidation sites excluding steroid dienone is 2. The zero-order valence-corrected chi connectivity index (χ0v) is 31.6. The van der Waals surface area contributed by atoms with Crippen molar-refractivity contribution in [2.24, 2.45) is 17.8 Å². The van der Waals surface area contributed by atoms with Gasteiger partial charge in [0.25, 0.3) is 5.91 Å². The van der Waals surface area contributed by atoms with Crippen LogP contribution in [-0.4, -0.2) is 73.3 Å². The average Bonchev–Trinajstić information content (AvgIpc) is 3.26. The maximum absolute atomic E-state index is 13.2. The first kappa shape index (κ1) is 38.4. The Morgan fingerprint density at radius 2 is 1.71 bits per heavy atom. The van der Waals surface area contributed by atoms with E-state index in [4.69, 9.17) is 21.1 Å². The van der Waals surface area contributed by atoms with Crippen molar-refractivity contribution in [3.8, 4) is 5.75 Å². The summed E-state index contributed by atoms with van der Waals surface area (Å²) in [5, 5.41) is 0.633. The number of hydrogen-bond acceptors (Lipinski definition) is 6. The van der Waals surface area contributed by atoms with Gasteiger partial charge >= 0.3 is 0 Å². The van der Waals surface area contributed by atoms with Crippen LogP contribution in [0.1, 0.15) is 94.1 Å². The number of nitrogens with zero attached hydrogens (tertiary/aromatic N) is 2. The lowest BCUT2D eigenvalue weighted by Gasteiger charge is -2.41. The Labute approximate surface area is 297 Å². The summed E-state index contributed by atoms with van der Waals surface area (Å²) in [6.07, 6.45) is 11.0. The molecule has 1 aliphatic carbocycles. The third kappa shape index (κ3) is 10.3. The number of carbonyl (C=O) groups is 1. The summed E-state index contributed by atoms with van der Waals surface area (Å²) >= 11 is 6.39. The van der Waals surface area contributed by atoms with Crippen LogP contribution in [0, 0.1) is 17.8 Å². The first-order valence-electron chi connectivity index (χ1n) is 18.2. The minimum absolute atomic E-state index is 0.138. The fraction of sp³-hybridized carbons (Fsp3) is 0.615. The van der Waals surface area contributed by atoms with Gasteiger partial charge in [-0.3, -0.25) is 9.52 Å². The van der Waals surface area contributed by atoms with Crippen LogP contribution in [0.4, 0.5) is 5.69 Å². The minimum Gasteiger partial charge on any atom is -0.491 e. The minimum atomic E-state index is -1.46. The van der Waals surface area contributed by atoms with Gasteiger partial charge in [0, 0.05) is 42.7 Å². The smallest absolute Gasteiger partial charge is 0.263 e. The summed E-state index contributed by atoms with van der Waals surface area (Å²) < 4.78 is 27.3. The lowest BCUT2D eigenvalue weighted by atomic mass is 9.71. The van der Waals surface area contributed by atoms with Crippen molar-refractivity contribution in [2.45, 2.75) is 84.3 Å². The number of halogens is 1. The number of carbonyl (C=O) groups excluding carboxylic acids is 1. The molecule has 2 fully saturated rings. The van der Waals surface area contributed by atoms with E-state index in [2.05, 4.69) is 59.7 Å². The number of nitrogens with one attached hydrogen (secondary N) is 1. The molecule has 1 saturated carbocycles. The number of hydrogen-bond donors (Lipinski definition) is 1. The number of aryl methyl sites for hydroxylation is 1. The third-order valence-electron chi connectivity index (χ3n) is 10.2. The molecule has 1 saturated heterocycles. The summed E-state index contributed by atoms with van der Waals surface area (Å²) in [5.41, 5.74) is 4.06. The quantitative estimate of drug-likeness (QED) is 0.327. The molecular weight excluding hydrogens is 642 g/mol. The molecule has 1 N–H and O–H groups in total. The van der Waals surface area contributed by atoms with Crippen LogP contribution in [-0.2, 0) is 22.1 Å². The monoisotopic (exact) mass is 699 g/mol. The number of likely N-dealkylation sites (N-methyl/N-ethyl adjacent to an activating group) is 1. The lowest BCUT2D eigenvalue weighted by Crippen LogP contribution is -2.40. The fourth-order valence-electron chi connectivity index (χ4n) is 6.81. The van der Waals surface area contributed by atoms with Gasteiger partial charge in [0.15, 0.2) is 0 Å². The molecule has 6 unspecified atom stereocenters. The van der Waals surface area contributed by atoms with Gasteiger partial charge in [-0.05, 0) is 105 Å². The van der Waals surface area contributed by atoms with Crippen LogP contribution in [0.2, 0.25) is 5.02 Å². The Kier molecular flexibility index (Phi) is 15.3. The van der Waals surface area contributed by atoms with Crippen LogP contribution in [0.5, 0.6) is 5.75 Å². The van der Waals surface area contributed by atoms with Gasteiger partial charge in [0.1, 0.15) is 16.7 Å². The zero-order valence-electron chi connectivity index (χ0n) is 30.0. The number of ether oxygens (including phenoxy) is 2. The van der Waals surface area contributed by atoms with E-state index in [0.717, 1.165) is 81.5 Å². The number of benzene rings is 2. The number of anilines is 1. The highest BCUT2D eigenvalue weighted by molar-refractivity contribution is 7.84. The summed E-state index contributed by atoms with van der Waals surface area (Å²) in [5.74, 6) is 2.18. The van der Waals surface area contributed by atoms with Crippen molar-refractivity contribution in [2.75, 3.05) is 57.9 Å². The molecular formula is C39H58ClN3O4S. The molecule has 266 valence electrons. The molecule has 2 bridgehead atoms. The molecule has 0 spiro atoms. The first-order chi connectivity index (χ1) is 23.2. The van der Waals surface area contributed by atoms with Crippen LogP contribution < -0.4 is 14.4 Å². The predicted molar refractivity (Wildman–Crippen MR) is 201 cm³/mol. The molecule has 6 atom stereocenters. The number of rotatable bonds is 3. The van der Waals surface area contributed by atoms with Crippen molar-refractivity contribution < 1.29 is 18.5 Å². The van der Waals surface area contributed by atoms with Gasteiger partial charge in [-0.1, -0.05) is 63.9 Å². The van der Waals surface area contributed by atoms with Crippen molar-refractivity contribution in [3.05, 3.63) is 70.3 Å². The van der Waals surface area contributed by atoms with E-state index in [1.54, 1.807) is 6.07 Å². The third-order valence-corrected chi connectivity index (χ3v) is 12.0. The molecule has 0 aromatic heterocycles. The van der Waals surface area contributed by atoms with Gasteiger partial charge in [0.2, 0.25) is 0 Å². The molecule has 7 nitrogen and oxygen atoms in total. The topological polar surface area (TPSA) is 71.1 Å². The van der Waals surface area contributed by atoms with E-state index in [1.165, 1.54) is 24.0 Å². The zero-order chi connectivity index (χ0) is 34.6. The van der Waals surface area contributed by atoms with Crippen molar-refractivity contribution in [3.63, 3.8) is 0 Å². The second-order valence-electron chi connectivity index (χ2n) is 13.6. The molecule has 2 aromatic rings. The molecule has 3 aliphatic heterocycles. The molecule has 2 aromatic carbocycles. The van der Waals surface area contributed by atoms with E-state index in [-0.39, 0.29) is 23.0 Å². The Morgan fingerprint density at radius 3 is 2.38 bits per heavy atom. The average molecular weight is 700 g/mol. The Hall–Kier alpha value is -2.39. The highest BCUT2D eigenvalue weighted by Gasteiger charge is 2.35. The number of morpholine rings is 1. The van der Waals surface area contributed by atoms with Gasteiger partial charge < -0.3 is 19.3 Å². The molecule has 6 rings (SSSR count). The lowest BCUT2D eigenvalue weighted by molar-refractivity contribution is 0.0503. The van der Waals surface area contributed by atoms with E-state index < -0.39 is 11.0 Å². The Balaban J connectivity index is 0.000000507.